The topological polar surface area (TPSA) is 49.4 Å². The van der Waals surface area contributed by atoms with Gasteiger partial charge in [0.1, 0.15) is 0 Å². The Morgan fingerprint density at radius 1 is 1.08 bits per heavy atom. The molecule has 2 amide bonds. The van der Waals surface area contributed by atoms with E-state index in [9.17, 15) is 9.59 Å². The normalized spacial score (nSPS) is 17.2. The molecule has 1 aliphatic heterocycles. The molecule has 0 aliphatic carbocycles. The van der Waals surface area contributed by atoms with E-state index < -0.39 is 0 Å². The highest BCUT2D eigenvalue weighted by Gasteiger charge is 2.21. The number of rotatable bonds is 4. The van der Waals surface area contributed by atoms with E-state index in [-0.39, 0.29) is 11.8 Å². The third-order valence-electron chi connectivity index (χ3n) is 4.57. The fraction of sp³-hybridized carbons (Fsp3) is 0.333. The lowest BCUT2D eigenvalue weighted by molar-refractivity contribution is -0.115. The van der Waals surface area contributed by atoms with Crippen molar-refractivity contribution in [3.8, 4) is 0 Å². The molecule has 0 spiro atoms. The predicted molar refractivity (Wildman–Crippen MR) is 99.5 cm³/mol. The van der Waals surface area contributed by atoms with Crippen LogP contribution in [0.1, 0.15) is 35.7 Å². The molecule has 0 saturated carbocycles. The third kappa shape index (κ3) is 4.69. The minimum absolute atomic E-state index is 0.0601. The van der Waals surface area contributed by atoms with Gasteiger partial charge in [-0.05, 0) is 48.6 Å². The van der Waals surface area contributed by atoms with Crippen molar-refractivity contribution >= 4 is 17.5 Å². The first kappa shape index (κ1) is 17.2. The van der Waals surface area contributed by atoms with Gasteiger partial charge in [-0.3, -0.25) is 9.59 Å². The predicted octanol–water partition coefficient (Wildman–Crippen LogP) is 3.74. The number of hydrogen-bond acceptors (Lipinski definition) is 2. The van der Waals surface area contributed by atoms with Crippen molar-refractivity contribution in [1.82, 2.24) is 4.90 Å². The monoisotopic (exact) mass is 336 g/mol. The van der Waals surface area contributed by atoms with Crippen LogP contribution in [0.3, 0.4) is 0 Å². The number of benzene rings is 2. The second kappa shape index (κ2) is 7.97. The summed E-state index contributed by atoms with van der Waals surface area (Å²) >= 11 is 0. The Hall–Kier alpha value is -2.62. The van der Waals surface area contributed by atoms with Crippen LogP contribution in [0.15, 0.2) is 54.6 Å². The van der Waals surface area contributed by atoms with Crippen LogP contribution < -0.4 is 5.32 Å². The Balaban J connectivity index is 1.58. The molecule has 1 unspecified atom stereocenters. The number of carbonyl (C=O) groups is 2. The van der Waals surface area contributed by atoms with E-state index in [1.54, 1.807) is 24.3 Å². The average Bonchev–Trinajstić information content (AvgIpc) is 2.62. The molecule has 2 aromatic rings. The zero-order valence-corrected chi connectivity index (χ0v) is 14.6. The highest BCUT2D eigenvalue weighted by atomic mass is 16.2. The van der Waals surface area contributed by atoms with Crippen LogP contribution in [0.25, 0.3) is 0 Å². The molecule has 0 radical (unpaired) electrons. The van der Waals surface area contributed by atoms with Crippen LogP contribution in [0.5, 0.6) is 0 Å². The van der Waals surface area contributed by atoms with Crippen molar-refractivity contribution in [1.29, 1.82) is 0 Å². The van der Waals surface area contributed by atoms with E-state index in [0.717, 1.165) is 25.1 Å². The summed E-state index contributed by atoms with van der Waals surface area (Å²) in [6.07, 6.45) is 2.60. The van der Waals surface area contributed by atoms with Crippen molar-refractivity contribution < 1.29 is 9.59 Å². The molecular formula is C21H24N2O2. The Bertz CT molecular complexity index is 725. The lowest BCUT2D eigenvalue weighted by Crippen LogP contribution is -2.39. The number of hydrogen-bond donors (Lipinski definition) is 1. The summed E-state index contributed by atoms with van der Waals surface area (Å²) in [5, 5.41) is 2.88. The van der Waals surface area contributed by atoms with Crippen molar-refractivity contribution in [3.63, 3.8) is 0 Å². The van der Waals surface area contributed by atoms with Gasteiger partial charge in [-0.2, -0.15) is 0 Å². The minimum Gasteiger partial charge on any atom is -0.338 e. The smallest absolute Gasteiger partial charge is 0.253 e. The van der Waals surface area contributed by atoms with Gasteiger partial charge in [-0.15, -0.1) is 0 Å². The van der Waals surface area contributed by atoms with E-state index in [1.807, 2.05) is 35.2 Å². The van der Waals surface area contributed by atoms with Crippen molar-refractivity contribution in [3.05, 3.63) is 65.7 Å². The van der Waals surface area contributed by atoms with Gasteiger partial charge in [0, 0.05) is 24.3 Å². The number of anilines is 1. The van der Waals surface area contributed by atoms with Crippen molar-refractivity contribution in [2.45, 2.75) is 26.2 Å². The molecule has 4 nitrogen and oxygen atoms in total. The zero-order valence-electron chi connectivity index (χ0n) is 14.6. The van der Waals surface area contributed by atoms with Gasteiger partial charge in [0.25, 0.3) is 5.91 Å². The Labute approximate surface area is 148 Å². The van der Waals surface area contributed by atoms with Gasteiger partial charge in [0.05, 0.1) is 6.42 Å². The first-order valence-electron chi connectivity index (χ1n) is 8.85. The van der Waals surface area contributed by atoms with E-state index in [2.05, 4.69) is 12.2 Å². The maximum atomic E-state index is 12.6. The molecule has 1 aliphatic rings. The number of likely N-dealkylation sites (tertiary alicyclic amines) is 1. The van der Waals surface area contributed by atoms with E-state index in [1.165, 1.54) is 6.42 Å². The highest BCUT2D eigenvalue weighted by Crippen LogP contribution is 2.19. The summed E-state index contributed by atoms with van der Waals surface area (Å²) in [6, 6.07) is 16.8. The summed E-state index contributed by atoms with van der Waals surface area (Å²) in [6.45, 7) is 3.85. The van der Waals surface area contributed by atoms with Gasteiger partial charge in [0.15, 0.2) is 0 Å². The molecule has 4 heteroatoms. The second-order valence-corrected chi connectivity index (χ2v) is 6.79. The Morgan fingerprint density at radius 2 is 1.80 bits per heavy atom. The van der Waals surface area contributed by atoms with Gasteiger partial charge in [-0.1, -0.05) is 37.3 Å². The fourth-order valence-electron chi connectivity index (χ4n) is 3.24. The van der Waals surface area contributed by atoms with Gasteiger partial charge < -0.3 is 10.2 Å². The number of nitrogens with one attached hydrogen (secondary N) is 1. The molecule has 2 aromatic carbocycles. The van der Waals surface area contributed by atoms with Crippen LogP contribution in [0.4, 0.5) is 5.69 Å². The molecule has 1 atom stereocenters. The summed E-state index contributed by atoms with van der Waals surface area (Å²) in [4.78, 5) is 26.6. The molecule has 130 valence electrons. The lowest BCUT2D eigenvalue weighted by Gasteiger charge is -2.31. The molecule has 1 heterocycles. The molecule has 1 N–H and O–H groups in total. The zero-order chi connectivity index (χ0) is 17.6. The molecule has 1 fully saturated rings. The number of piperidine rings is 1. The van der Waals surface area contributed by atoms with E-state index in [4.69, 9.17) is 0 Å². The molecular weight excluding hydrogens is 312 g/mol. The Morgan fingerprint density at radius 3 is 2.48 bits per heavy atom. The highest BCUT2D eigenvalue weighted by molar-refractivity contribution is 5.96. The van der Waals surface area contributed by atoms with Gasteiger partial charge in [0.2, 0.25) is 5.91 Å². The Kier molecular flexibility index (Phi) is 5.49. The third-order valence-corrected chi connectivity index (χ3v) is 4.57. The minimum atomic E-state index is -0.0601. The molecule has 0 aromatic heterocycles. The molecule has 25 heavy (non-hydrogen) atoms. The first-order chi connectivity index (χ1) is 12.1. The lowest BCUT2D eigenvalue weighted by atomic mass is 9.99. The van der Waals surface area contributed by atoms with Crippen molar-refractivity contribution in [2.24, 2.45) is 5.92 Å². The maximum Gasteiger partial charge on any atom is 0.253 e. The summed E-state index contributed by atoms with van der Waals surface area (Å²) < 4.78 is 0. The fourth-order valence-corrected chi connectivity index (χ4v) is 3.24. The van der Waals surface area contributed by atoms with Crippen LogP contribution in [-0.2, 0) is 11.2 Å². The van der Waals surface area contributed by atoms with Gasteiger partial charge >= 0.3 is 0 Å². The van der Waals surface area contributed by atoms with Crippen LogP contribution >= 0.6 is 0 Å². The van der Waals surface area contributed by atoms with E-state index in [0.29, 0.717) is 23.6 Å². The van der Waals surface area contributed by atoms with Crippen LogP contribution in [-0.4, -0.2) is 29.8 Å². The average molecular weight is 336 g/mol. The van der Waals surface area contributed by atoms with E-state index >= 15 is 0 Å². The summed E-state index contributed by atoms with van der Waals surface area (Å²) in [5.41, 5.74) is 2.37. The molecule has 1 saturated heterocycles. The molecule has 0 bridgehead atoms. The second-order valence-electron chi connectivity index (χ2n) is 6.79. The first-order valence-corrected chi connectivity index (χ1v) is 8.85. The van der Waals surface area contributed by atoms with Gasteiger partial charge in [-0.25, -0.2) is 0 Å². The summed E-state index contributed by atoms with van der Waals surface area (Å²) in [7, 11) is 0. The number of nitrogens with zero attached hydrogens (tertiary/aromatic N) is 1. The summed E-state index contributed by atoms with van der Waals surface area (Å²) in [5.74, 6) is 0.582. The SMILES string of the molecule is CC1CCCN(C(=O)c2ccc(NC(=O)Cc3ccccc3)cc2)C1. The molecule has 3 rings (SSSR count). The van der Waals surface area contributed by atoms with Crippen LogP contribution in [0.2, 0.25) is 0 Å². The standard InChI is InChI=1S/C21H24N2O2/c1-16-6-5-13-23(15-16)21(25)18-9-11-19(12-10-18)22-20(24)14-17-7-3-2-4-8-17/h2-4,7-12,16H,5-6,13-15H2,1H3,(H,22,24). The quantitative estimate of drug-likeness (QED) is 0.924. The number of amides is 2. The number of carbonyl (C=O) groups excluding carboxylic acids is 2. The van der Waals surface area contributed by atoms with Crippen molar-refractivity contribution in [2.75, 3.05) is 18.4 Å². The van der Waals surface area contributed by atoms with Crippen LogP contribution in [0, 0.1) is 5.92 Å². The largest absolute Gasteiger partial charge is 0.338 e. The maximum absolute atomic E-state index is 12.6.